The molecule has 0 bridgehead atoms. The predicted octanol–water partition coefficient (Wildman–Crippen LogP) is 10.8. The number of benzene rings is 3. The van der Waals surface area contributed by atoms with Crippen molar-refractivity contribution in [2.45, 2.75) is 52.4 Å². The molecule has 3 aromatic heterocycles. The van der Waals surface area contributed by atoms with Crippen LogP contribution in [0.1, 0.15) is 57.5 Å². The fourth-order valence-corrected chi connectivity index (χ4v) is 7.53. The molecule has 0 atom stereocenters. The Hall–Kier alpha value is -4.44. The lowest BCUT2D eigenvalue weighted by molar-refractivity contribution is -0.132. The topological polar surface area (TPSA) is 66.0 Å². The largest absolute Gasteiger partial charge is 0.477 e. The van der Waals surface area contributed by atoms with Crippen LogP contribution in [0.4, 0.5) is 0 Å². The second kappa shape index (κ2) is 10.9. The summed E-state index contributed by atoms with van der Waals surface area (Å²) in [6, 6.07) is 32.4. The fraction of sp³-hybridized carbons (Fsp3) is 0.211. The van der Waals surface area contributed by atoms with Gasteiger partial charge in [-0.1, -0.05) is 65.8 Å². The molecule has 1 N–H and O–H groups in total. The Morgan fingerprint density at radius 1 is 0.727 bits per heavy atom. The zero-order chi connectivity index (χ0) is 31.4. The number of nitriles is 1. The summed E-state index contributed by atoms with van der Waals surface area (Å²) in [5.74, 6) is -1.21. The van der Waals surface area contributed by atoms with Crippen LogP contribution >= 0.6 is 22.7 Å². The highest BCUT2D eigenvalue weighted by Crippen LogP contribution is 2.40. The first kappa shape index (κ1) is 29.6. The van der Waals surface area contributed by atoms with Gasteiger partial charge in [-0.3, -0.25) is 0 Å². The third-order valence-corrected chi connectivity index (χ3v) is 10.4. The standard InChI is InChI=1S/C38H34N2O2S2/c1-37(2,3)25-9-14-31-29(20-25)30-21-26(38(4,5)6)10-15-32(30)40(31)27-11-7-23(8-12-27)33-17-18-35(44-33)34-16-13-28(43-34)19-24(22-39)36(41)42/h7-21H,1-6H3,(H,41,42)/b24-19-. The fourth-order valence-electron chi connectivity index (χ4n) is 5.48. The van der Waals surface area contributed by atoms with Crippen LogP contribution in [0.15, 0.2) is 90.5 Å². The Bertz CT molecular complexity index is 2050. The normalized spacial score (nSPS) is 12.6. The summed E-state index contributed by atoms with van der Waals surface area (Å²) in [5, 5.41) is 20.8. The van der Waals surface area contributed by atoms with E-state index < -0.39 is 5.97 Å². The number of nitrogens with zero attached hydrogens (tertiary/aromatic N) is 2. The minimum absolute atomic E-state index is 0.0604. The number of rotatable bonds is 5. The quantitative estimate of drug-likeness (QED) is 0.155. The molecule has 4 nitrogen and oxygen atoms in total. The Morgan fingerprint density at radius 3 is 1.77 bits per heavy atom. The molecule has 6 aromatic rings. The Labute approximate surface area is 266 Å². The minimum atomic E-state index is -1.21. The molecule has 0 fully saturated rings. The van der Waals surface area contributed by atoms with Crippen LogP contribution in [0, 0.1) is 11.3 Å². The summed E-state index contributed by atoms with van der Waals surface area (Å²) in [6.07, 6.45) is 1.42. The van der Waals surface area contributed by atoms with E-state index >= 15 is 0 Å². The van der Waals surface area contributed by atoms with Crippen molar-refractivity contribution in [3.8, 4) is 32.0 Å². The SMILES string of the molecule is CC(C)(C)c1ccc2c(c1)c1cc(C(C)(C)C)ccc1n2-c1ccc(-c2ccc(-c3ccc(/C=C(/C#N)C(=O)O)s3)s2)cc1. The highest BCUT2D eigenvalue weighted by molar-refractivity contribution is 7.24. The molecular weight excluding hydrogens is 581 g/mol. The number of carboxylic acid groups (broad SMARTS) is 1. The molecule has 0 saturated carbocycles. The number of carboxylic acids is 1. The molecule has 44 heavy (non-hydrogen) atoms. The lowest BCUT2D eigenvalue weighted by Gasteiger charge is -2.19. The van der Waals surface area contributed by atoms with Crippen molar-refractivity contribution in [3.05, 3.63) is 107 Å². The first-order chi connectivity index (χ1) is 20.8. The molecule has 3 aromatic carbocycles. The van der Waals surface area contributed by atoms with Crippen molar-refractivity contribution >= 4 is 56.5 Å². The van der Waals surface area contributed by atoms with Gasteiger partial charge in [0.15, 0.2) is 0 Å². The van der Waals surface area contributed by atoms with E-state index in [2.05, 4.69) is 119 Å². The average Bonchev–Trinajstić information content (AvgIpc) is 3.72. The maximum absolute atomic E-state index is 11.2. The van der Waals surface area contributed by atoms with Gasteiger partial charge in [0, 0.05) is 36.0 Å². The molecule has 220 valence electrons. The van der Waals surface area contributed by atoms with E-state index in [9.17, 15) is 4.79 Å². The third kappa shape index (κ3) is 5.50. The highest BCUT2D eigenvalue weighted by atomic mass is 32.1. The number of carbonyl (C=O) groups is 1. The van der Waals surface area contributed by atoms with E-state index in [0.717, 1.165) is 30.8 Å². The monoisotopic (exact) mass is 614 g/mol. The zero-order valence-electron chi connectivity index (χ0n) is 25.7. The van der Waals surface area contributed by atoms with Crippen LogP contribution in [0.3, 0.4) is 0 Å². The van der Waals surface area contributed by atoms with Gasteiger partial charge in [-0.25, -0.2) is 4.79 Å². The zero-order valence-corrected chi connectivity index (χ0v) is 27.4. The number of hydrogen-bond donors (Lipinski definition) is 1. The molecular formula is C38H34N2O2S2. The summed E-state index contributed by atoms with van der Waals surface area (Å²) in [4.78, 5) is 15.3. The Balaban J connectivity index is 1.38. The van der Waals surface area contributed by atoms with Crippen LogP contribution in [-0.4, -0.2) is 15.6 Å². The van der Waals surface area contributed by atoms with Gasteiger partial charge in [-0.15, -0.1) is 22.7 Å². The first-order valence-corrected chi connectivity index (χ1v) is 16.2. The Morgan fingerprint density at radius 2 is 1.25 bits per heavy atom. The van der Waals surface area contributed by atoms with Crippen molar-refractivity contribution in [2.75, 3.05) is 0 Å². The predicted molar refractivity (Wildman–Crippen MR) is 186 cm³/mol. The molecule has 6 heteroatoms. The lowest BCUT2D eigenvalue weighted by Crippen LogP contribution is -2.10. The van der Waals surface area contributed by atoms with Gasteiger partial charge >= 0.3 is 5.97 Å². The van der Waals surface area contributed by atoms with Gasteiger partial charge in [0.05, 0.1) is 11.0 Å². The molecule has 0 unspecified atom stereocenters. The molecule has 0 aliphatic heterocycles. The van der Waals surface area contributed by atoms with Crippen molar-refractivity contribution in [2.24, 2.45) is 0 Å². The smallest absolute Gasteiger partial charge is 0.346 e. The summed E-state index contributed by atoms with van der Waals surface area (Å²) in [6.45, 7) is 13.6. The van der Waals surface area contributed by atoms with Gasteiger partial charge < -0.3 is 9.67 Å². The van der Waals surface area contributed by atoms with E-state index in [1.54, 1.807) is 17.4 Å². The Kier molecular flexibility index (Phi) is 7.36. The van der Waals surface area contributed by atoms with E-state index in [0.29, 0.717) is 0 Å². The van der Waals surface area contributed by atoms with E-state index in [4.69, 9.17) is 10.4 Å². The highest BCUT2D eigenvalue weighted by Gasteiger charge is 2.21. The molecule has 3 heterocycles. The number of fused-ring (bicyclic) bond motifs is 3. The molecule has 6 rings (SSSR count). The van der Waals surface area contributed by atoms with E-state index in [1.807, 2.05) is 12.1 Å². The first-order valence-electron chi connectivity index (χ1n) is 14.6. The van der Waals surface area contributed by atoms with Crippen LogP contribution in [0.2, 0.25) is 0 Å². The van der Waals surface area contributed by atoms with Gasteiger partial charge in [-0.05, 0) is 94.3 Å². The molecule has 0 saturated heterocycles. The minimum Gasteiger partial charge on any atom is -0.477 e. The molecule has 0 amide bonds. The second-order valence-corrected chi connectivity index (χ2v) is 15.4. The number of aliphatic carboxylic acids is 1. The van der Waals surface area contributed by atoms with Crippen LogP contribution in [0.25, 0.3) is 53.8 Å². The van der Waals surface area contributed by atoms with Crippen molar-refractivity contribution in [3.63, 3.8) is 0 Å². The molecule has 0 aliphatic rings. The van der Waals surface area contributed by atoms with Crippen molar-refractivity contribution in [1.82, 2.24) is 4.57 Å². The van der Waals surface area contributed by atoms with Gasteiger partial charge in [0.2, 0.25) is 0 Å². The van der Waals surface area contributed by atoms with Crippen LogP contribution in [0.5, 0.6) is 0 Å². The van der Waals surface area contributed by atoms with Gasteiger partial charge in [-0.2, -0.15) is 5.26 Å². The number of thiophene rings is 2. The molecule has 0 aliphatic carbocycles. The van der Waals surface area contributed by atoms with Crippen molar-refractivity contribution in [1.29, 1.82) is 5.26 Å². The van der Waals surface area contributed by atoms with Gasteiger partial charge in [0.1, 0.15) is 11.6 Å². The summed E-state index contributed by atoms with van der Waals surface area (Å²) < 4.78 is 2.38. The summed E-state index contributed by atoms with van der Waals surface area (Å²) >= 11 is 3.18. The number of aromatic nitrogens is 1. The van der Waals surface area contributed by atoms with Gasteiger partial charge in [0.25, 0.3) is 0 Å². The lowest BCUT2D eigenvalue weighted by atomic mass is 9.85. The van der Waals surface area contributed by atoms with Crippen molar-refractivity contribution < 1.29 is 9.90 Å². The number of hydrogen-bond acceptors (Lipinski definition) is 4. The summed E-state index contributed by atoms with van der Waals surface area (Å²) in [5.41, 5.74) is 7.19. The summed E-state index contributed by atoms with van der Waals surface area (Å²) in [7, 11) is 0. The van der Waals surface area contributed by atoms with E-state index in [-0.39, 0.29) is 16.4 Å². The average molecular weight is 615 g/mol. The van der Waals surface area contributed by atoms with Crippen LogP contribution in [-0.2, 0) is 15.6 Å². The maximum Gasteiger partial charge on any atom is 0.346 e. The molecule has 0 spiro atoms. The third-order valence-electron chi connectivity index (χ3n) is 8.02. The second-order valence-electron chi connectivity index (χ2n) is 13.2. The molecule has 0 radical (unpaired) electrons. The maximum atomic E-state index is 11.2. The van der Waals surface area contributed by atoms with Crippen LogP contribution < -0.4 is 0 Å². The van der Waals surface area contributed by atoms with E-state index in [1.165, 1.54) is 50.3 Å².